The molecule has 0 saturated carbocycles. The van der Waals surface area contributed by atoms with Gasteiger partial charge in [-0.1, -0.05) is 11.2 Å². The Morgan fingerprint density at radius 3 is 2.52 bits per heavy atom. The number of nitrogens with zero attached hydrogens (tertiary/aromatic N) is 2. The molecule has 0 aliphatic carbocycles. The minimum absolute atomic E-state index is 0.0312. The van der Waals surface area contributed by atoms with Crippen molar-refractivity contribution in [3.05, 3.63) is 82.5 Å². The lowest BCUT2D eigenvalue weighted by atomic mass is 10.0. The van der Waals surface area contributed by atoms with Crippen LogP contribution in [0.5, 0.6) is 5.75 Å². The first-order valence-electron chi connectivity index (χ1n) is 10.9. The van der Waals surface area contributed by atoms with Gasteiger partial charge in [0.15, 0.2) is 0 Å². The number of hydrogen-bond donors (Lipinski definition) is 1. The van der Waals surface area contributed by atoms with Crippen LogP contribution in [0.15, 0.2) is 53.1 Å². The van der Waals surface area contributed by atoms with Gasteiger partial charge < -0.3 is 19.5 Å². The SMILES string of the molecule is Cc1noc(C)c1COc1cccc(C(=O)N2CCC(NC(=O)c3ccc(F)cc3)CC2)c1. The van der Waals surface area contributed by atoms with Crippen molar-refractivity contribution in [2.24, 2.45) is 0 Å². The van der Waals surface area contributed by atoms with E-state index in [2.05, 4.69) is 10.5 Å². The van der Waals surface area contributed by atoms with Gasteiger partial charge in [0.25, 0.3) is 11.8 Å². The van der Waals surface area contributed by atoms with E-state index < -0.39 is 0 Å². The maximum atomic E-state index is 13.0. The molecule has 1 fully saturated rings. The van der Waals surface area contributed by atoms with E-state index in [1.165, 1.54) is 24.3 Å². The summed E-state index contributed by atoms with van der Waals surface area (Å²) in [5, 5.41) is 6.89. The molecule has 1 aromatic heterocycles. The second-order valence-electron chi connectivity index (χ2n) is 8.17. The summed E-state index contributed by atoms with van der Waals surface area (Å²) < 4.78 is 24.1. The third-order valence-corrected chi connectivity index (χ3v) is 5.87. The lowest BCUT2D eigenvalue weighted by Crippen LogP contribution is -2.46. The van der Waals surface area contributed by atoms with Crippen LogP contribution in [0, 0.1) is 19.7 Å². The van der Waals surface area contributed by atoms with Crippen molar-refractivity contribution in [3.63, 3.8) is 0 Å². The third-order valence-electron chi connectivity index (χ3n) is 5.87. The topological polar surface area (TPSA) is 84.7 Å². The number of carbonyl (C=O) groups excluding carboxylic acids is 2. The number of rotatable bonds is 6. The van der Waals surface area contributed by atoms with E-state index in [1.807, 2.05) is 19.9 Å². The number of carbonyl (C=O) groups is 2. The Morgan fingerprint density at radius 1 is 1.12 bits per heavy atom. The monoisotopic (exact) mass is 451 g/mol. The van der Waals surface area contributed by atoms with Gasteiger partial charge in [-0.2, -0.15) is 0 Å². The highest BCUT2D eigenvalue weighted by Gasteiger charge is 2.25. The number of halogens is 1. The standard InChI is InChI=1S/C25H26FN3O4/c1-16-23(17(2)33-28-16)15-32-22-5-3-4-19(14-22)25(31)29-12-10-21(11-13-29)27-24(30)18-6-8-20(26)9-7-18/h3-9,14,21H,10-13,15H2,1-2H3,(H,27,30). The number of nitrogens with one attached hydrogen (secondary N) is 1. The van der Waals surface area contributed by atoms with Crippen LogP contribution in [-0.2, 0) is 6.61 Å². The zero-order chi connectivity index (χ0) is 23.4. The van der Waals surface area contributed by atoms with E-state index >= 15 is 0 Å². The number of likely N-dealkylation sites (tertiary alicyclic amines) is 1. The lowest BCUT2D eigenvalue weighted by Gasteiger charge is -2.32. The van der Waals surface area contributed by atoms with Crippen LogP contribution in [-0.4, -0.2) is 41.0 Å². The molecule has 0 spiro atoms. The first kappa shape index (κ1) is 22.5. The summed E-state index contributed by atoms with van der Waals surface area (Å²) in [6.07, 6.45) is 1.31. The molecule has 1 aliphatic heterocycles. The molecule has 0 radical (unpaired) electrons. The molecule has 0 bridgehead atoms. The van der Waals surface area contributed by atoms with Crippen molar-refractivity contribution < 1.29 is 23.2 Å². The molecule has 0 unspecified atom stereocenters. The quantitative estimate of drug-likeness (QED) is 0.611. The number of benzene rings is 2. The highest BCUT2D eigenvalue weighted by Crippen LogP contribution is 2.21. The van der Waals surface area contributed by atoms with E-state index in [0.717, 1.165) is 11.3 Å². The van der Waals surface area contributed by atoms with Crippen molar-refractivity contribution in [2.75, 3.05) is 13.1 Å². The fraction of sp³-hybridized carbons (Fsp3) is 0.320. The second-order valence-corrected chi connectivity index (χ2v) is 8.17. The van der Waals surface area contributed by atoms with Crippen molar-refractivity contribution in [1.29, 1.82) is 0 Å². The van der Waals surface area contributed by atoms with Gasteiger partial charge in [0.2, 0.25) is 0 Å². The van der Waals surface area contributed by atoms with Gasteiger partial charge >= 0.3 is 0 Å². The van der Waals surface area contributed by atoms with Crippen LogP contribution in [0.1, 0.15) is 50.6 Å². The number of ether oxygens (including phenoxy) is 1. The Balaban J connectivity index is 1.30. The summed E-state index contributed by atoms with van der Waals surface area (Å²) in [6.45, 7) is 5.10. The minimum Gasteiger partial charge on any atom is -0.489 e. The molecule has 2 amide bonds. The molecule has 33 heavy (non-hydrogen) atoms. The lowest BCUT2D eigenvalue weighted by molar-refractivity contribution is 0.0697. The molecular formula is C25H26FN3O4. The van der Waals surface area contributed by atoms with Gasteiger partial charge in [-0.15, -0.1) is 0 Å². The Labute approximate surface area is 191 Å². The number of aromatic nitrogens is 1. The van der Waals surface area contributed by atoms with Crippen molar-refractivity contribution >= 4 is 11.8 Å². The molecule has 1 N–H and O–H groups in total. The summed E-state index contributed by atoms with van der Waals surface area (Å²) in [5.41, 5.74) is 2.66. The zero-order valence-electron chi connectivity index (χ0n) is 18.6. The summed E-state index contributed by atoms with van der Waals surface area (Å²) in [4.78, 5) is 27.1. The first-order valence-corrected chi connectivity index (χ1v) is 10.9. The molecular weight excluding hydrogens is 425 g/mol. The molecule has 2 heterocycles. The summed E-state index contributed by atoms with van der Waals surface area (Å²) >= 11 is 0. The molecule has 7 nitrogen and oxygen atoms in total. The van der Waals surface area contributed by atoms with E-state index in [-0.39, 0.29) is 23.7 Å². The van der Waals surface area contributed by atoms with Gasteiger partial charge in [-0.25, -0.2) is 4.39 Å². The average molecular weight is 451 g/mol. The zero-order valence-corrected chi connectivity index (χ0v) is 18.6. The van der Waals surface area contributed by atoms with Gasteiger partial charge in [0, 0.05) is 30.3 Å². The van der Waals surface area contributed by atoms with E-state index in [0.29, 0.717) is 55.2 Å². The van der Waals surface area contributed by atoms with Crippen molar-refractivity contribution in [3.8, 4) is 5.75 Å². The fourth-order valence-corrected chi connectivity index (χ4v) is 3.86. The Bertz CT molecular complexity index is 1120. The molecule has 4 rings (SSSR count). The predicted octanol–water partition coefficient (Wildman–Crippen LogP) is 4.04. The Hall–Kier alpha value is -3.68. The van der Waals surface area contributed by atoms with Gasteiger partial charge in [0.1, 0.15) is 23.9 Å². The predicted molar refractivity (Wildman–Crippen MR) is 120 cm³/mol. The minimum atomic E-state index is -0.378. The number of hydrogen-bond acceptors (Lipinski definition) is 5. The van der Waals surface area contributed by atoms with Gasteiger partial charge in [-0.3, -0.25) is 9.59 Å². The Kier molecular flexibility index (Phi) is 6.72. The molecule has 8 heteroatoms. The van der Waals surface area contributed by atoms with Gasteiger partial charge in [-0.05, 0) is 69.2 Å². The highest BCUT2D eigenvalue weighted by atomic mass is 19.1. The molecule has 172 valence electrons. The molecule has 0 atom stereocenters. The summed E-state index contributed by atoms with van der Waals surface area (Å²) in [5.74, 6) is 0.636. The molecule has 1 saturated heterocycles. The molecule has 3 aromatic rings. The van der Waals surface area contributed by atoms with Gasteiger partial charge in [0.05, 0.1) is 11.3 Å². The van der Waals surface area contributed by atoms with E-state index in [9.17, 15) is 14.0 Å². The van der Waals surface area contributed by atoms with E-state index in [4.69, 9.17) is 9.26 Å². The summed E-state index contributed by atoms with van der Waals surface area (Å²) in [7, 11) is 0. The van der Waals surface area contributed by atoms with Crippen molar-refractivity contribution in [2.45, 2.75) is 39.3 Å². The molecule has 2 aromatic carbocycles. The average Bonchev–Trinajstić information content (AvgIpc) is 3.15. The number of amides is 2. The van der Waals surface area contributed by atoms with Crippen LogP contribution in [0.3, 0.4) is 0 Å². The largest absolute Gasteiger partial charge is 0.489 e. The third kappa shape index (κ3) is 5.39. The van der Waals surface area contributed by atoms with Crippen LogP contribution >= 0.6 is 0 Å². The van der Waals surface area contributed by atoms with Crippen molar-refractivity contribution in [1.82, 2.24) is 15.4 Å². The molecule has 1 aliphatic rings. The van der Waals surface area contributed by atoms with Crippen LogP contribution in [0.4, 0.5) is 4.39 Å². The first-order chi connectivity index (χ1) is 15.9. The van der Waals surface area contributed by atoms with Crippen LogP contribution < -0.4 is 10.1 Å². The number of aryl methyl sites for hydroxylation is 2. The maximum Gasteiger partial charge on any atom is 0.253 e. The van der Waals surface area contributed by atoms with E-state index in [1.54, 1.807) is 23.1 Å². The highest BCUT2D eigenvalue weighted by molar-refractivity contribution is 5.95. The second kappa shape index (κ2) is 9.85. The Morgan fingerprint density at radius 2 is 1.85 bits per heavy atom. The normalized spacial score (nSPS) is 14.2. The van der Waals surface area contributed by atoms with Crippen LogP contribution in [0.25, 0.3) is 0 Å². The van der Waals surface area contributed by atoms with Crippen LogP contribution in [0.2, 0.25) is 0 Å². The summed E-state index contributed by atoms with van der Waals surface area (Å²) in [6, 6.07) is 12.5. The maximum absolute atomic E-state index is 13.0. The number of piperidine rings is 1. The smallest absolute Gasteiger partial charge is 0.253 e. The fourth-order valence-electron chi connectivity index (χ4n) is 3.86.